The van der Waals surface area contributed by atoms with Crippen LogP contribution in [0.2, 0.25) is 0 Å². The second-order valence-corrected chi connectivity index (χ2v) is 4.77. The van der Waals surface area contributed by atoms with Crippen LogP contribution in [0.5, 0.6) is 0 Å². The molecule has 0 radical (unpaired) electrons. The van der Waals surface area contributed by atoms with Gasteiger partial charge in [0.25, 0.3) is 0 Å². The molecule has 0 spiro atoms. The summed E-state index contributed by atoms with van der Waals surface area (Å²) in [5, 5.41) is 1.06. The monoisotopic (exact) mass is 227 g/mol. The molecule has 5 heteroatoms. The van der Waals surface area contributed by atoms with Gasteiger partial charge in [0.1, 0.15) is 11.1 Å². The summed E-state index contributed by atoms with van der Waals surface area (Å²) < 4.78 is 5.72. The van der Waals surface area contributed by atoms with Crippen LogP contribution in [0, 0.1) is 0 Å². The van der Waals surface area contributed by atoms with Crippen LogP contribution >= 0.6 is 11.3 Å². The van der Waals surface area contributed by atoms with E-state index in [0.717, 1.165) is 36.1 Å². The number of ether oxygens (including phenoxy) is 1. The highest BCUT2D eigenvalue weighted by atomic mass is 32.1. The van der Waals surface area contributed by atoms with Gasteiger partial charge in [-0.15, -0.1) is 11.3 Å². The van der Waals surface area contributed by atoms with E-state index in [9.17, 15) is 0 Å². The number of morpholine rings is 1. The molecule has 1 saturated heterocycles. The van der Waals surface area contributed by atoms with Gasteiger partial charge >= 0.3 is 0 Å². The SMILES string of the molecule is CCN1CCOC(c2ncc(CN)s2)C1. The average Bonchev–Trinajstić information content (AvgIpc) is 2.78. The lowest BCUT2D eigenvalue weighted by atomic mass is 10.3. The quantitative estimate of drug-likeness (QED) is 0.837. The maximum absolute atomic E-state index is 5.72. The lowest BCUT2D eigenvalue weighted by molar-refractivity contribution is -0.0282. The fourth-order valence-electron chi connectivity index (χ4n) is 1.71. The van der Waals surface area contributed by atoms with Crippen LogP contribution in [0.25, 0.3) is 0 Å². The van der Waals surface area contributed by atoms with Crippen molar-refractivity contribution in [3.8, 4) is 0 Å². The molecule has 15 heavy (non-hydrogen) atoms. The van der Waals surface area contributed by atoms with Crippen molar-refractivity contribution in [2.75, 3.05) is 26.2 Å². The summed E-state index contributed by atoms with van der Waals surface area (Å²) in [6.45, 7) is 6.61. The first-order chi connectivity index (χ1) is 7.33. The van der Waals surface area contributed by atoms with Crippen molar-refractivity contribution < 1.29 is 4.74 Å². The van der Waals surface area contributed by atoms with Gasteiger partial charge in [-0.05, 0) is 6.54 Å². The molecule has 2 rings (SSSR count). The fraction of sp³-hybridized carbons (Fsp3) is 0.700. The molecule has 84 valence electrons. The molecule has 0 bridgehead atoms. The molecular formula is C10H17N3OS. The Morgan fingerprint density at radius 3 is 3.27 bits per heavy atom. The van der Waals surface area contributed by atoms with Crippen molar-refractivity contribution in [2.24, 2.45) is 5.73 Å². The van der Waals surface area contributed by atoms with Gasteiger partial charge in [0.05, 0.1) is 6.61 Å². The van der Waals surface area contributed by atoms with Gasteiger partial charge in [-0.2, -0.15) is 0 Å². The summed E-state index contributed by atoms with van der Waals surface area (Å²) in [4.78, 5) is 7.88. The lowest BCUT2D eigenvalue weighted by Crippen LogP contribution is -2.37. The molecule has 1 aromatic heterocycles. The van der Waals surface area contributed by atoms with E-state index in [1.807, 2.05) is 6.20 Å². The molecule has 2 N–H and O–H groups in total. The molecule has 1 aromatic rings. The largest absolute Gasteiger partial charge is 0.368 e. The minimum atomic E-state index is 0.143. The Hall–Kier alpha value is -0.490. The third kappa shape index (κ3) is 2.55. The van der Waals surface area contributed by atoms with Gasteiger partial charge in [-0.1, -0.05) is 6.92 Å². The second-order valence-electron chi connectivity index (χ2n) is 3.62. The van der Waals surface area contributed by atoms with Gasteiger partial charge < -0.3 is 10.5 Å². The van der Waals surface area contributed by atoms with Crippen molar-refractivity contribution in [1.29, 1.82) is 0 Å². The number of hydrogen-bond acceptors (Lipinski definition) is 5. The van der Waals surface area contributed by atoms with Crippen LogP contribution < -0.4 is 5.73 Å². The van der Waals surface area contributed by atoms with Crippen molar-refractivity contribution in [1.82, 2.24) is 9.88 Å². The third-order valence-electron chi connectivity index (χ3n) is 2.65. The molecule has 1 aliphatic rings. The summed E-state index contributed by atoms with van der Waals surface area (Å²) in [7, 11) is 0. The molecule has 1 fully saturated rings. The zero-order valence-electron chi connectivity index (χ0n) is 8.98. The van der Waals surface area contributed by atoms with Crippen LogP contribution in [-0.2, 0) is 11.3 Å². The highest BCUT2D eigenvalue weighted by molar-refractivity contribution is 7.11. The van der Waals surface area contributed by atoms with E-state index in [4.69, 9.17) is 10.5 Å². The Kier molecular flexibility index (Phi) is 3.69. The lowest BCUT2D eigenvalue weighted by Gasteiger charge is -2.30. The van der Waals surface area contributed by atoms with Gasteiger partial charge in [-0.25, -0.2) is 4.98 Å². The summed E-state index contributed by atoms with van der Waals surface area (Å²) in [6.07, 6.45) is 2.00. The number of thiazole rings is 1. The van der Waals surface area contributed by atoms with Gasteiger partial charge in [0.2, 0.25) is 0 Å². The molecule has 1 atom stereocenters. The Balaban J connectivity index is 2.03. The first kappa shape index (κ1) is 11.0. The van der Waals surface area contributed by atoms with Crippen LogP contribution in [-0.4, -0.2) is 36.1 Å². The Bertz CT molecular complexity index is 315. The smallest absolute Gasteiger partial charge is 0.123 e. The summed E-state index contributed by atoms with van der Waals surface area (Å²) in [5.41, 5.74) is 5.57. The number of nitrogens with zero attached hydrogens (tertiary/aromatic N) is 2. The normalized spacial score (nSPS) is 23.2. The van der Waals surface area contributed by atoms with Gasteiger partial charge in [-0.3, -0.25) is 4.90 Å². The molecular weight excluding hydrogens is 210 g/mol. The van der Waals surface area contributed by atoms with E-state index in [0.29, 0.717) is 6.54 Å². The molecule has 0 aliphatic carbocycles. The van der Waals surface area contributed by atoms with Crippen molar-refractivity contribution in [3.63, 3.8) is 0 Å². The highest BCUT2D eigenvalue weighted by Crippen LogP contribution is 2.25. The number of nitrogens with two attached hydrogens (primary N) is 1. The van der Waals surface area contributed by atoms with Gasteiger partial charge in [0.15, 0.2) is 0 Å². The number of rotatable bonds is 3. The third-order valence-corrected chi connectivity index (χ3v) is 3.76. The van der Waals surface area contributed by atoms with Crippen molar-refractivity contribution in [2.45, 2.75) is 19.6 Å². The first-order valence-electron chi connectivity index (χ1n) is 5.32. The minimum absolute atomic E-state index is 0.143. The number of likely N-dealkylation sites (N-methyl/N-ethyl adjacent to an activating group) is 1. The summed E-state index contributed by atoms with van der Waals surface area (Å²) in [5.74, 6) is 0. The molecule has 0 aromatic carbocycles. The molecule has 1 unspecified atom stereocenters. The van der Waals surface area contributed by atoms with Gasteiger partial charge in [0, 0.05) is 30.7 Å². The average molecular weight is 227 g/mol. The fourth-order valence-corrected chi connectivity index (χ4v) is 2.54. The van der Waals surface area contributed by atoms with Crippen molar-refractivity contribution >= 4 is 11.3 Å². The van der Waals surface area contributed by atoms with Crippen LogP contribution in [0.3, 0.4) is 0 Å². The molecule has 1 aliphatic heterocycles. The zero-order valence-corrected chi connectivity index (χ0v) is 9.80. The van der Waals surface area contributed by atoms with Crippen LogP contribution in [0.4, 0.5) is 0 Å². The summed E-state index contributed by atoms with van der Waals surface area (Å²) in [6, 6.07) is 0. The number of aromatic nitrogens is 1. The second kappa shape index (κ2) is 5.03. The Labute approximate surface area is 94.1 Å². The summed E-state index contributed by atoms with van der Waals surface area (Å²) >= 11 is 1.66. The van der Waals surface area contributed by atoms with Crippen LogP contribution in [0.1, 0.15) is 22.9 Å². The molecule has 2 heterocycles. The maximum Gasteiger partial charge on any atom is 0.123 e. The molecule has 0 amide bonds. The first-order valence-corrected chi connectivity index (χ1v) is 6.13. The standard InChI is InChI=1S/C10H17N3OS/c1-2-13-3-4-14-9(7-13)10-12-6-8(5-11)15-10/h6,9H,2-5,7,11H2,1H3. The predicted octanol–water partition coefficient (Wildman–Crippen LogP) is 0.995. The van der Waals surface area contributed by atoms with Crippen molar-refractivity contribution in [3.05, 3.63) is 16.1 Å². The van der Waals surface area contributed by atoms with E-state index >= 15 is 0 Å². The predicted molar refractivity (Wildman–Crippen MR) is 60.8 cm³/mol. The topological polar surface area (TPSA) is 51.4 Å². The highest BCUT2D eigenvalue weighted by Gasteiger charge is 2.23. The Morgan fingerprint density at radius 1 is 1.73 bits per heavy atom. The minimum Gasteiger partial charge on any atom is -0.368 e. The van der Waals surface area contributed by atoms with Crippen LogP contribution in [0.15, 0.2) is 6.20 Å². The number of hydrogen-bond donors (Lipinski definition) is 1. The van der Waals surface area contributed by atoms with E-state index in [1.165, 1.54) is 0 Å². The van der Waals surface area contributed by atoms with E-state index in [-0.39, 0.29) is 6.10 Å². The molecule has 0 saturated carbocycles. The van der Waals surface area contributed by atoms with E-state index < -0.39 is 0 Å². The maximum atomic E-state index is 5.72. The Morgan fingerprint density at radius 2 is 2.60 bits per heavy atom. The van der Waals surface area contributed by atoms with E-state index in [1.54, 1.807) is 11.3 Å². The van der Waals surface area contributed by atoms with E-state index in [2.05, 4.69) is 16.8 Å². The molecule has 4 nitrogen and oxygen atoms in total. The zero-order chi connectivity index (χ0) is 10.7.